The van der Waals surface area contributed by atoms with Crippen LogP contribution in [0.1, 0.15) is 29.3 Å². The molecule has 2 aromatic carbocycles. The van der Waals surface area contributed by atoms with Gasteiger partial charge in [-0.15, -0.1) is 0 Å². The molecule has 0 bridgehead atoms. The van der Waals surface area contributed by atoms with E-state index in [1.165, 1.54) is 0 Å². The summed E-state index contributed by atoms with van der Waals surface area (Å²) < 4.78 is 6.27. The third kappa shape index (κ3) is 3.93. The lowest BCUT2D eigenvalue weighted by atomic mass is 10.0. The minimum Gasteiger partial charge on any atom is -0.461 e. The van der Waals surface area contributed by atoms with E-state index in [-0.39, 0.29) is 36.1 Å². The van der Waals surface area contributed by atoms with E-state index in [1.807, 2.05) is 61.5 Å². The minimum absolute atomic E-state index is 0.0737. The van der Waals surface area contributed by atoms with Gasteiger partial charge in [0.25, 0.3) is 0 Å². The van der Waals surface area contributed by atoms with Crippen molar-refractivity contribution >= 4 is 27.7 Å². The van der Waals surface area contributed by atoms with Crippen molar-refractivity contribution in [3.8, 4) is 0 Å². The first-order valence-electron chi connectivity index (χ1n) is 8.05. The van der Waals surface area contributed by atoms with Crippen molar-refractivity contribution in [3.63, 3.8) is 0 Å². The van der Waals surface area contributed by atoms with Crippen LogP contribution in [-0.4, -0.2) is 11.8 Å². The van der Waals surface area contributed by atoms with E-state index in [0.29, 0.717) is 12.0 Å². The molecule has 1 aliphatic carbocycles. The fourth-order valence-corrected chi connectivity index (χ4v) is 3.35. The Bertz CT molecular complexity index is 724. The Labute approximate surface area is 150 Å². The average Bonchev–Trinajstić information content (AvgIpc) is 3.23. The molecule has 0 heterocycles. The summed E-state index contributed by atoms with van der Waals surface area (Å²) in [6.45, 7) is 2.31. The molecular weight excluding hydrogens is 368 g/mol. The van der Waals surface area contributed by atoms with Crippen molar-refractivity contribution < 1.29 is 14.3 Å². The molecule has 0 amide bonds. The molecule has 0 aliphatic heterocycles. The largest absolute Gasteiger partial charge is 0.461 e. The number of rotatable bonds is 6. The van der Waals surface area contributed by atoms with E-state index in [9.17, 15) is 9.59 Å². The zero-order chi connectivity index (χ0) is 17.1. The zero-order valence-corrected chi connectivity index (χ0v) is 15.0. The van der Waals surface area contributed by atoms with Crippen molar-refractivity contribution in [2.45, 2.75) is 20.0 Å². The minimum atomic E-state index is -0.234. The van der Waals surface area contributed by atoms with E-state index in [4.69, 9.17) is 4.74 Å². The number of hydrogen-bond acceptors (Lipinski definition) is 3. The maximum absolute atomic E-state index is 12.5. The lowest BCUT2D eigenvalue weighted by Crippen LogP contribution is -2.08. The topological polar surface area (TPSA) is 43.4 Å². The molecule has 1 aliphatic rings. The standard InChI is InChI=1S/C20H19BrO3/c1-13-17(11-18(22)24-12-14-5-3-2-4-6-14)19(13)20(23)15-7-9-16(21)10-8-15/h2-10,13,17,19H,11-12H2,1H3/t13-,17+,19+/m1/s1. The van der Waals surface area contributed by atoms with Crippen molar-refractivity contribution in [2.75, 3.05) is 0 Å². The molecule has 0 spiro atoms. The monoisotopic (exact) mass is 386 g/mol. The third-order valence-electron chi connectivity index (χ3n) is 4.64. The average molecular weight is 387 g/mol. The van der Waals surface area contributed by atoms with Gasteiger partial charge in [-0.05, 0) is 29.5 Å². The highest BCUT2D eigenvalue weighted by atomic mass is 79.9. The van der Waals surface area contributed by atoms with Gasteiger partial charge in [0, 0.05) is 22.4 Å². The number of carbonyl (C=O) groups excluding carboxylic acids is 2. The van der Waals surface area contributed by atoms with Crippen LogP contribution in [0.4, 0.5) is 0 Å². The van der Waals surface area contributed by atoms with Gasteiger partial charge < -0.3 is 4.74 Å². The molecule has 4 heteroatoms. The Balaban J connectivity index is 1.52. The van der Waals surface area contributed by atoms with Crippen molar-refractivity contribution in [1.29, 1.82) is 0 Å². The summed E-state index contributed by atoms with van der Waals surface area (Å²) >= 11 is 3.37. The van der Waals surface area contributed by atoms with E-state index in [1.54, 1.807) is 0 Å². The Kier molecular flexibility index (Phi) is 5.14. The van der Waals surface area contributed by atoms with Gasteiger partial charge in [0.05, 0.1) is 0 Å². The van der Waals surface area contributed by atoms with Crippen molar-refractivity contribution in [2.24, 2.45) is 17.8 Å². The molecular formula is C20H19BrO3. The number of hydrogen-bond donors (Lipinski definition) is 0. The smallest absolute Gasteiger partial charge is 0.306 e. The molecule has 1 fully saturated rings. The fourth-order valence-electron chi connectivity index (χ4n) is 3.09. The van der Waals surface area contributed by atoms with Gasteiger partial charge in [0.15, 0.2) is 5.78 Å². The molecule has 0 N–H and O–H groups in total. The number of carbonyl (C=O) groups is 2. The number of esters is 1. The lowest BCUT2D eigenvalue weighted by Gasteiger charge is -2.05. The zero-order valence-electron chi connectivity index (χ0n) is 13.4. The van der Waals surface area contributed by atoms with Crippen LogP contribution in [0, 0.1) is 17.8 Å². The maximum atomic E-state index is 12.5. The Hall–Kier alpha value is -1.94. The van der Waals surface area contributed by atoms with Crippen molar-refractivity contribution in [3.05, 3.63) is 70.2 Å². The summed E-state index contributed by atoms with van der Waals surface area (Å²) in [6.07, 6.45) is 0.306. The van der Waals surface area contributed by atoms with Crippen LogP contribution >= 0.6 is 15.9 Å². The van der Waals surface area contributed by atoms with Crippen molar-refractivity contribution in [1.82, 2.24) is 0 Å². The van der Waals surface area contributed by atoms with Crippen LogP contribution in [-0.2, 0) is 16.1 Å². The highest BCUT2D eigenvalue weighted by Gasteiger charge is 2.52. The molecule has 0 radical (unpaired) electrons. The molecule has 3 atom stereocenters. The third-order valence-corrected chi connectivity index (χ3v) is 5.17. The number of ketones is 1. The number of halogens is 1. The number of Topliss-reactive ketones (excluding diaryl/α,β-unsaturated/α-hetero) is 1. The molecule has 24 heavy (non-hydrogen) atoms. The summed E-state index contributed by atoms with van der Waals surface area (Å²) in [5, 5.41) is 0. The summed E-state index contributed by atoms with van der Waals surface area (Å²) in [5.41, 5.74) is 1.67. The van der Waals surface area contributed by atoms with Crippen LogP contribution in [0.15, 0.2) is 59.1 Å². The lowest BCUT2D eigenvalue weighted by molar-refractivity contribution is -0.145. The molecule has 0 saturated heterocycles. The number of benzene rings is 2. The van der Waals surface area contributed by atoms with Gasteiger partial charge >= 0.3 is 5.97 Å². The SMILES string of the molecule is C[C@@H]1[C@H](CC(=O)OCc2ccccc2)[C@H]1C(=O)c1ccc(Br)cc1. The predicted molar refractivity (Wildman–Crippen MR) is 95.5 cm³/mol. The van der Waals surface area contributed by atoms with E-state index >= 15 is 0 Å². The van der Waals surface area contributed by atoms with Crippen LogP contribution in [0.5, 0.6) is 0 Å². The van der Waals surface area contributed by atoms with Crippen LogP contribution < -0.4 is 0 Å². The van der Waals surface area contributed by atoms with Gasteiger partial charge in [-0.2, -0.15) is 0 Å². The Morgan fingerprint density at radius 1 is 1.04 bits per heavy atom. The fraction of sp³-hybridized carbons (Fsp3) is 0.300. The highest BCUT2D eigenvalue weighted by Crippen LogP contribution is 2.50. The second-order valence-corrected chi connectivity index (χ2v) is 7.19. The van der Waals surface area contributed by atoms with Gasteiger partial charge in [-0.1, -0.05) is 65.3 Å². The van der Waals surface area contributed by atoms with Crippen LogP contribution in [0.25, 0.3) is 0 Å². The summed E-state index contributed by atoms with van der Waals surface area (Å²) in [5.74, 6) is 0.128. The van der Waals surface area contributed by atoms with Gasteiger partial charge in [-0.25, -0.2) is 0 Å². The number of ether oxygens (including phenoxy) is 1. The molecule has 2 aromatic rings. The van der Waals surface area contributed by atoms with E-state index in [2.05, 4.69) is 15.9 Å². The summed E-state index contributed by atoms with van der Waals surface area (Å²) in [7, 11) is 0. The quantitative estimate of drug-likeness (QED) is 0.536. The Morgan fingerprint density at radius 2 is 1.71 bits per heavy atom. The molecule has 0 unspecified atom stereocenters. The summed E-state index contributed by atoms with van der Waals surface area (Å²) in [4.78, 5) is 24.6. The molecule has 124 valence electrons. The summed E-state index contributed by atoms with van der Waals surface area (Å²) in [6, 6.07) is 17.0. The van der Waals surface area contributed by atoms with Gasteiger partial charge in [-0.3, -0.25) is 9.59 Å². The van der Waals surface area contributed by atoms with E-state index < -0.39 is 0 Å². The first-order valence-corrected chi connectivity index (χ1v) is 8.85. The van der Waals surface area contributed by atoms with Gasteiger partial charge in [0.1, 0.15) is 6.61 Å². The Morgan fingerprint density at radius 3 is 2.38 bits per heavy atom. The first-order chi connectivity index (χ1) is 11.6. The molecule has 1 saturated carbocycles. The molecule has 3 nitrogen and oxygen atoms in total. The molecule has 3 rings (SSSR count). The predicted octanol–water partition coefficient (Wildman–Crippen LogP) is 4.65. The highest BCUT2D eigenvalue weighted by molar-refractivity contribution is 9.10. The van der Waals surface area contributed by atoms with Gasteiger partial charge in [0.2, 0.25) is 0 Å². The van der Waals surface area contributed by atoms with Crippen LogP contribution in [0.3, 0.4) is 0 Å². The second-order valence-electron chi connectivity index (χ2n) is 6.27. The van der Waals surface area contributed by atoms with E-state index in [0.717, 1.165) is 10.0 Å². The maximum Gasteiger partial charge on any atom is 0.306 e. The van der Waals surface area contributed by atoms with Crippen LogP contribution in [0.2, 0.25) is 0 Å². The normalized spacial score (nSPS) is 22.0. The molecule has 0 aromatic heterocycles. The first kappa shape index (κ1) is 16.9. The second kappa shape index (κ2) is 7.31.